The van der Waals surface area contributed by atoms with Gasteiger partial charge in [-0.2, -0.15) is 0 Å². The molecule has 0 fully saturated rings. The summed E-state index contributed by atoms with van der Waals surface area (Å²) < 4.78 is 0. The molecule has 0 N–H and O–H groups in total. The largest absolute Gasteiger partial charge is 5.00 e. The van der Waals surface area contributed by atoms with E-state index in [1.165, 1.54) is 0 Å². The Balaban J connectivity index is -0.0000000481. The maximum atomic E-state index is 8.93. The number of carboxylic acids is 10. The van der Waals surface area contributed by atoms with Gasteiger partial charge in [-0.05, 0) is 0 Å². The van der Waals surface area contributed by atoms with Gasteiger partial charge in [-0.1, -0.05) is 0 Å². The van der Waals surface area contributed by atoms with Crippen molar-refractivity contribution in [1.29, 1.82) is 0 Å². The van der Waals surface area contributed by atoms with Gasteiger partial charge in [0, 0.05) is 0 Å². The van der Waals surface area contributed by atoms with Crippen LogP contribution in [-0.4, -0.2) is 59.7 Å². The SMILES string of the molecule is O=C([O-])C(=O)[O-].O=C([O-])C(=O)[O-].O=C([O-])C(=O)[O-].O=C([O-])C(=O)[O-].O=C([O-])C(=O)[O-].[V+5].[V+5]. The maximum Gasteiger partial charge on any atom is 5.00 e. The van der Waals surface area contributed by atoms with Crippen molar-refractivity contribution in [3.63, 3.8) is 0 Å². The number of carbonyl (C=O) groups is 10. The number of carbonyl (C=O) groups excluding carboxylic acids is 10. The Morgan fingerprint density at radius 3 is 0.250 bits per heavy atom. The molecule has 0 unspecified atom stereocenters. The van der Waals surface area contributed by atoms with Gasteiger partial charge in [0.1, 0.15) is 0 Å². The van der Waals surface area contributed by atoms with Crippen molar-refractivity contribution in [2.45, 2.75) is 0 Å². The molecule has 0 aliphatic carbocycles. The molecule has 0 aliphatic heterocycles. The van der Waals surface area contributed by atoms with Crippen molar-refractivity contribution in [2.24, 2.45) is 0 Å². The van der Waals surface area contributed by atoms with Crippen molar-refractivity contribution in [3.05, 3.63) is 0 Å². The molecule has 170 valence electrons. The summed E-state index contributed by atoms with van der Waals surface area (Å²) in [5.74, 6) is -21.9. The Morgan fingerprint density at radius 1 is 0.219 bits per heavy atom. The van der Waals surface area contributed by atoms with Crippen LogP contribution < -0.4 is 51.1 Å². The number of carboxylic acid groups (broad SMARTS) is 10. The van der Waals surface area contributed by atoms with Crippen LogP contribution in [0.4, 0.5) is 0 Å². The van der Waals surface area contributed by atoms with Crippen LogP contribution in [0.5, 0.6) is 0 Å². The standard InChI is InChI=1S/5C2H2O4.2V/c5*3-1(4)2(5)6;;/h5*(H,3,4)(H,5,6);;/q;;;;;2*+5/p-10. The molecule has 0 atom stereocenters. The molecule has 0 saturated heterocycles. The zero-order chi connectivity index (χ0) is 25.8. The molecular weight excluding hydrogens is 542 g/mol. The molecule has 0 rings (SSSR count). The Kier molecular flexibility index (Phi) is 38.8. The second kappa shape index (κ2) is 26.9. The van der Waals surface area contributed by atoms with Gasteiger partial charge in [0.05, 0.1) is 59.7 Å². The fraction of sp³-hybridized carbons (Fsp3) is 0. The first-order valence-corrected chi connectivity index (χ1v) is 5.33. The Hall–Kier alpha value is -4.13. The van der Waals surface area contributed by atoms with Gasteiger partial charge >= 0.3 is 37.1 Å². The quantitative estimate of drug-likeness (QED) is 0.256. The third-order valence-electron chi connectivity index (χ3n) is 0.833. The minimum absolute atomic E-state index is 0. The molecule has 32 heavy (non-hydrogen) atoms. The number of hydrogen-bond acceptors (Lipinski definition) is 20. The topological polar surface area (TPSA) is 401 Å². The van der Waals surface area contributed by atoms with Crippen molar-refractivity contribution < 1.29 is 136 Å². The zero-order valence-corrected chi connectivity index (χ0v) is 16.9. The van der Waals surface area contributed by atoms with E-state index >= 15 is 0 Å². The first-order chi connectivity index (χ1) is 13.2. The first kappa shape index (κ1) is 46.2. The predicted molar refractivity (Wildman–Crippen MR) is 50.1 cm³/mol. The van der Waals surface area contributed by atoms with Crippen LogP contribution in [0.2, 0.25) is 0 Å². The Morgan fingerprint density at radius 2 is 0.250 bits per heavy atom. The molecule has 0 amide bonds. The molecule has 0 aromatic heterocycles. The van der Waals surface area contributed by atoms with E-state index in [1.807, 2.05) is 0 Å². The summed E-state index contributed by atoms with van der Waals surface area (Å²) in [6.07, 6.45) is 0. The van der Waals surface area contributed by atoms with Crippen LogP contribution in [-0.2, 0) is 85.1 Å². The van der Waals surface area contributed by atoms with E-state index < -0.39 is 59.7 Å². The van der Waals surface area contributed by atoms with Crippen molar-refractivity contribution in [1.82, 2.24) is 0 Å². The van der Waals surface area contributed by atoms with Crippen molar-refractivity contribution in [3.8, 4) is 0 Å². The van der Waals surface area contributed by atoms with E-state index in [4.69, 9.17) is 99.0 Å². The van der Waals surface area contributed by atoms with Gasteiger partial charge in [-0.25, -0.2) is 0 Å². The van der Waals surface area contributed by atoms with Crippen molar-refractivity contribution >= 4 is 59.7 Å². The van der Waals surface area contributed by atoms with E-state index in [-0.39, 0.29) is 37.1 Å². The third-order valence-corrected chi connectivity index (χ3v) is 0.833. The first-order valence-electron chi connectivity index (χ1n) is 5.33. The van der Waals surface area contributed by atoms with Gasteiger partial charge in [0.15, 0.2) is 0 Å². The molecular formula is C10O20V2. The van der Waals surface area contributed by atoms with Gasteiger partial charge in [0.25, 0.3) is 0 Å². The molecule has 0 radical (unpaired) electrons. The molecule has 0 bridgehead atoms. The van der Waals surface area contributed by atoms with E-state index in [0.717, 1.165) is 0 Å². The van der Waals surface area contributed by atoms with Gasteiger partial charge in [0.2, 0.25) is 0 Å². The predicted octanol–water partition coefficient (Wildman–Crippen LogP) is -17.6. The molecule has 0 spiro atoms. The smallest absolute Gasteiger partial charge is 0.543 e. The van der Waals surface area contributed by atoms with Gasteiger partial charge in [-0.15, -0.1) is 0 Å². The maximum absolute atomic E-state index is 8.93. The minimum atomic E-state index is -2.19. The Labute approximate surface area is 196 Å². The monoisotopic (exact) mass is 542 g/mol. The van der Waals surface area contributed by atoms with Gasteiger partial charge in [-0.3, -0.25) is 0 Å². The fourth-order valence-corrected chi connectivity index (χ4v) is 0. The second-order valence-corrected chi connectivity index (χ2v) is 2.87. The minimum Gasteiger partial charge on any atom is -0.543 e. The van der Waals surface area contributed by atoms with E-state index in [9.17, 15) is 0 Å². The average Bonchev–Trinajstić information content (AvgIpc) is 2.56. The summed E-state index contributed by atoms with van der Waals surface area (Å²) in [4.78, 5) is 89.3. The third kappa shape index (κ3) is 63.5. The second-order valence-electron chi connectivity index (χ2n) is 2.87. The van der Waals surface area contributed by atoms with Gasteiger partial charge < -0.3 is 99.0 Å². The normalized spacial score (nSPS) is 6.88. The van der Waals surface area contributed by atoms with Crippen LogP contribution in [0.1, 0.15) is 0 Å². The average molecular weight is 542 g/mol. The van der Waals surface area contributed by atoms with Crippen LogP contribution >= 0.6 is 0 Å². The van der Waals surface area contributed by atoms with Crippen LogP contribution in [0.25, 0.3) is 0 Å². The molecule has 0 saturated carbocycles. The van der Waals surface area contributed by atoms with E-state index in [1.54, 1.807) is 0 Å². The van der Waals surface area contributed by atoms with E-state index in [0.29, 0.717) is 0 Å². The molecule has 0 heterocycles. The number of aliphatic carboxylic acids is 10. The van der Waals surface area contributed by atoms with Crippen molar-refractivity contribution in [2.75, 3.05) is 0 Å². The summed E-state index contributed by atoms with van der Waals surface area (Å²) in [6.45, 7) is 0. The summed E-state index contributed by atoms with van der Waals surface area (Å²) in [6, 6.07) is 0. The summed E-state index contributed by atoms with van der Waals surface area (Å²) in [5.41, 5.74) is 0. The molecule has 0 aliphatic rings. The summed E-state index contributed by atoms with van der Waals surface area (Å²) >= 11 is 0. The zero-order valence-electron chi connectivity index (χ0n) is 14.1. The molecule has 0 aromatic rings. The van der Waals surface area contributed by atoms with E-state index in [2.05, 4.69) is 0 Å². The fourth-order valence-electron chi connectivity index (χ4n) is 0. The summed E-state index contributed by atoms with van der Waals surface area (Å²) in [7, 11) is 0. The Bertz CT molecular complexity index is 508. The summed E-state index contributed by atoms with van der Waals surface area (Å²) in [5, 5.41) is 89.3. The number of rotatable bonds is 0. The molecule has 22 heteroatoms. The van der Waals surface area contributed by atoms with Crippen LogP contribution in [0.15, 0.2) is 0 Å². The van der Waals surface area contributed by atoms with Crippen LogP contribution in [0.3, 0.4) is 0 Å². The number of hydrogen-bond donors (Lipinski definition) is 0. The molecule has 0 aromatic carbocycles. The van der Waals surface area contributed by atoms with Crippen LogP contribution in [0, 0.1) is 0 Å². The molecule has 20 nitrogen and oxygen atoms in total.